The highest BCUT2D eigenvalue weighted by Gasteiger charge is 2.23. The van der Waals surface area contributed by atoms with E-state index < -0.39 is 5.97 Å². The lowest BCUT2D eigenvalue weighted by atomic mass is 10.1. The van der Waals surface area contributed by atoms with Crippen LogP contribution in [-0.2, 0) is 0 Å². The molecule has 1 aromatic carbocycles. The second-order valence-electron chi connectivity index (χ2n) is 3.70. The van der Waals surface area contributed by atoms with Crippen molar-refractivity contribution < 1.29 is 29.0 Å². The third-order valence-electron chi connectivity index (χ3n) is 2.57. The van der Waals surface area contributed by atoms with Gasteiger partial charge in [0.05, 0.1) is 19.8 Å². The van der Waals surface area contributed by atoms with Crippen molar-refractivity contribution in [2.24, 2.45) is 0 Å². The van der Waals surface area contributed by atoms with Crippen molar-refractivity contribution in [3.63, 3.8) is 0 Å². The number of carboxylic acid groups (broad SMARTS) is 1. The van der Waals surface area contributed by atoms with Gasteiger partial charge in [-0.25, -0.2) is 4.79 Å². The molecule has 8 heteroatoms. The SMILES string of the molecule is COc1cc(Br)c(-c2cc(C(=O)O)no2)c(O)c1OC. The number of phenolic OH excluding ortho intramolecular Hbond substituents is 1. The molecule has 0 aliphatic rings. The quantitative estimate of drug-likeness (QED) is 0.879. The van der Waals surface area contributed by atoms with Crippen molar-refractivity contribution in [1.29, 1.82) is 0 Å². The molecule has 0 unspecified atom stereocenters. The molecule has 0 aliphatic carbocycles. The molecule has 0 spiro atoms. The first-order valence-electron chi connectivity index (χ1n) is 5.33. The van der Waals surface area contributed by atoms with E-state index in [2.05, 4.69) is 21.1 Å². The van der Waals surface area contributed by atoms with Crippen LogP contribution in [0.1, 0.15) is 10.5 Å². The molecule has 0 amide bonds. The maximum Gasteiger partial charge on any atom is 0.358 e. The average molecular weight is 344 g/mol. The molecule has 20 heavy (non-hydrogen) atoms. The fourth-order valence-corrected chi connectivity index (χ4v) is 2.26. The molecule has 7 nitrogen and oxygen atoms in total. The summed E-state index contributed by atoms with van der Waals surface area (Å²) in [6, 6.07) is 2.77. The van der Waals surface area contributed by atoms with E-state index >= 15 is 0 Å². The van der Waals surface area contributed by atoms with Crippen molar-refractivity contribution >= 4 is 21.9 Å². The smallest absolute Gasteiger partial charge is 0.358 e. The van der Waals surface area contributed by atoms with Crippen molar-refractivity contribution in [3.8, 4) is 28.6 Å². The molecule has 2 rings (SSSR count). The number of aromatic nitrogens is 1. The summed E-state index contributed by atoms with van der Waals surface area (Å²) in [4.78, 5) is 10.8. The number of hydrogen-bond donors (Lipinski definition) is 2. The summed E-state index contributed by atoms with van der Waals surface area (Å²) in [5, 5.41) is 22.4. The minimum absolute atomic E-state index is 0.0905. The number of carboxylic acids is 1. The van der Waals surface area contributed by atoms with Gasteiger partial charge in [0, 0.05) is 10.5 Å². The molecule has 0 aliphatic heterocycles. The molecule has 106 valence electrons. The summed E-state index contributed by atoms with van der Waals surface area (Å²) < 4.78 is 15.5. The first-order chi connectivity index (χ1) is 9.49. The first kappa shape index (κ1) is 14.2. The Morgan fingerprint density at radius 3 is 2.55 bits per heavy atom. The Labute approximate surface area is 121 Å². The molecule has 1 heterocycles. The van der Waals surface area contributed by atoms with Crippen molar-refractivity contribution in [2.75, 3.05) is 14.2 Å². The zero-order valence-electron chi connectivity index (χ0n) is 10.5. The minimum atomic E-state index is -1.23. The molecule has 2 aromatic rings. The van der Waals surface area contributed by atoms with Gasteiger partial charge in [-0.2, -0.15) is 0 Å². The number of rotatable bonds is 4. The number of halogens is 1. The Hall–Kier alpha value is -2.22. The van der Waals surface area contributed by atoms with Gasteiger partial charge in [0.2, 0.25) is 5.75 Å². The highest BCUT2D eigenvalue weighted by Crippen LogP contribution is 2.47. The normalized spacial score (nSPS) is 10.3. The molecule has 0 radical (unpaired) electrons. The predicted octanol–water partition coefficient (Wildman–Crippen LogP) is 2.53. The molecule has 0 fully saturated rings. The number of benzene rings is 1. The number of phenols is 1. The maximum atomic E-state index is 10.8. The van der Waals surface area contributed by atoms with Gasteiger partial charge in [0.15, 0.2) is 23.0 Å². The first-order valence-corrected chi connectivity index (χ1v) is 6.12. The van der Waals surface area contributed by atoms with Crippen molar-refractivity contribution in [3.05, 3.63) is 22.3 Å². The Bertz CT molecular complexity index is 666. The van der Waals surface area contributed by atoms with Crippen LogP contribution in [0.2, 0.25) is 0 Å². The number of methoxy groups -OCH3 is 2. The summed E-state index contributed by atoms with van der Waals surface area (Å²) in [5.74, 6) is -0.951. The van der Waals surface area contributed by atoms with E-state index in [9.17, 15) is 9.90 Å². The molecule has 0 saturated carbocycles. The van der Waals surface area contributed by atoms with Crippen LogP contribution in [0, 0.1) is 0 Å². The van der Waals surface area contributed by atoms with Crippen LogP contribution in [0.3, 0.4) is 0 Å². The van der Waals surface area contributed by atoms with Gasteiger partial charge in [0.25, 0.3) is 0 Å². The summed E-state index contributed by atoms with van der Waals surface area (Å²) in [6.45, 7) is 0. The number of nitrogens with zero attached hydrogens (tertiary/aromatic N) is 1. The van der Waals surface area contributed by atoms with Crippen LogP contribution in [0.4, 0.5) is 0 Å². The topological polar surface area (TPSA) is 102 Å². The van der Waals surface area contributed by atoms with E-state index in [4.69, 9.17) is 19.1 Å². The summed E-state index contributed by atoms with van der Waals surface area (Å²) in [6.07, 6.45) is 0. The van der Waals surface area contributed by atoms with E-state index in [1.165, 1.54) is 20.3 Å². The lowest BCUT2D eigenvalue weighted by molar-refractivity contribution is 0.0686. The number of aromatic hydroxyl groups is 1. The maximum absolute atomic E-state index is 10.8. The molecular weight excluding hydrogens is 334 g/mol. The second kappa shape index (κ2) is 5.41. The summed E-state index contributed by atoms with van der Waals surface area (Å²) >= 11 is 3.25. The lowest BCUT2D eigenvalue weighted by Crippen LogP contribution is -1.95. The zero-order chi connectivity index (χ0) is 14.9. The third kappa shape index (κ3) is 2.29. The monoisotopic (exact) mass is 343 g/mol. The fourth-order valence-electron chi connectivity index (χ4n) is 1.67. The van der Waals surface area contributed by atoms with Crippen LogP contribution in [0.15, 0.2) is 21.1 Å². The largest absolute Gasteiger partial charge is 0.504 e. The molecule has 0 atom stereocenters. The van der Waals surface area contributed by atoms with Crippen LogP contribution in [0.5, 0.6) is 17.2 Å². The Morgan fingerprint density at radius 1 is 1.35 bits per heavy atom. The van der Waals surface area contributed by atoms with Gasteiger partial charge in [-0.3, -0.25) is 0 Å². The van der Waals surface area contributed by atoms with Crippen LogP contribution in [0.25, 0.3) is 11.3 Å². The highest BCUT2D eigenvalue weighted by atomic mass is 79.9. The number of aromatic carboxylic acids is 1. The zero-order valence-corrected chi connectivity index (χ0v) is 12.1. The Balaban J connectivity index is 2.64. The molecule has 0 bridgehead atoms. The second-order valence-corrected chi connectivity index (χ2v) is 4.55. The van der Waals surface area contributed by atoms with Gasteiger partial charge in [-0.05, 0) is 22.0 Å². The van der Waals surface area contributed by atoms with E-state index in [1.54, 1.807) is 6.07 Å². The third-order valence-corrected chi connectivity index (χ3v) is 3.20. The van der Waals surface area contributed by atoms with Crippen LogP contribution < -0.4 is 9.47 Å². The average Bonchev–Trinajstić information content (AvgIpc) is 2.87. The lowest BCUT2D eigenvalue weighted by Gasteiger charge is -2.13. The highest BCUT2D eigenvalue weighted by molar-refractivity contribution is 9.10. The molecule has 0 saturated heterocycles. The van der Waals surface area contributed by atoms with Gasteiger partial charge in [0.1, 0.15) is 0 Å². The van der Waals surface area contributed by atoms with E-state index in [1.807, 2.05) is 0 Å². The Kier molecular flexibility index (Phi) is 3.84. The predicted molar refractivity (Wildman–Crippen MR) is 71.4 cm³/mol. The summed E-state index contributed by atoms with van der Waals surface area (Å²) in [5.41, 5.74) is -0.0382. The van der Waals surface area contributed by atoms with Crippen LogP contribution in [-0.4, -0.2) is 35.6 Å². The fraction of sp³-hybridized carbons (Fsp3) is 0.167. The van der Waals surface area contributed by atoms with Gasteiger partial charge in [-0.1, -0.05) is 5.16 Å². The molecule has 2 N–H and O–H groups in total. The van der Waals surface area contributed by atoms with Crippen LogP contribution >= 0.6 is 15.9 Å². The van der Waals surface area contributed by atoms with Crippen molar-refractivity contribution in [2.45, 2.75) is 0 Å². The van der Waals surface area contributed by atoms with E-state index in [-0.39, 0.29) is 28.5 Å². The molecule has 1 aromatic heterocycles. The number of carbonyl (C=O) groups is 1. The number of hydrogen-bond acceptors (Lipinski definition) is 6. The van der Waals surface area contributed by atoms with E-state index in [0.29, 0.717) is 10.2 Å². The Morgan fingerprint density at radius 2 is 2.05 bits per heavy atom. The minimum Gasteiger partial charge on any atom is -0.504 e. The summed E-state index contributed by atoms with van der Waals surface area (Å²) in [7, 11) is 2.80. The standard InChI is InChI=1S/C12H10BrNO6/c1-18-8-3-5(13)9(10(15)11(8)19-2)7-4-6(12(16)17)14-20-7/h3-4,15H,1-2H3,(H,16,17). The van der Waals surface area contributed by atoms with Gasteiger partial charge < -0.3 is 24.2 Å². The van der Waals surface area contributed by atoms with Gasteiger partial charge in [-0.15, -0.1) is 0 Å². The molecular formula is C12H10BrNO6. The van der Waals surface area contributed by atoms with Gasteiger partial charge >= 0.3 is 5.97 Å². The van der Waals surface area contributed by atoms with E-state index in [0.717, 1.165) is 0 Å². The number of ether oxygens (including phenoxy) is 2. The van der Waals surface area contributed by atoms with Crippen molar-refractivity contribution in [1.82, 2.24) is 5.16 Å².